The number of nitrogens with zero attached hydrogens (tertiary/aromatic N) is 1. The predicted octanol–water partition coefficient (Wildman–Crippen LogP) is 4.54. The SMILES string of the molecule is O=C(CSc1nc(-c2ccccc2)cs1)N[C@H]1CCOc2ccccc21. The first-order chi connectivity index (χ1) is 12.8. The summed E-state index contributed by atoms with van der Waals surface area (Å²) in [4.78, 5) is 17.0. The van der Waals surface area contributed by atoms with E-state index in [-0.39, 0.29) is 11.9 Å². The molecule has 0 saturated heterocycles. The molecule has 0 unspecified atom stereocenters. The van der Waals surface area contributed by atoms with Crippen molar-refractivity contribution in [2.75, 3.05) is 12.4 Å². The number of aromatic nitrogens is 1. The lowest BCUT2D eigenvalue weighted by atomic mass is 10.0. The topological polar surface area (TPSA) is 51.2 Å². The van der Waals surface area contributed by atoms with Crippen molar-refractivity contribution >= 4 is 29.0 Å². The van der Waals surface area contributed by atoms with E-state index in [1.165, 1.54) is 11.8 Å². The summed E-state index contributed by atoms with van der Waals surface area (Å²) in [5.41, 5.74) is 3.11. The van der Waals surface area contributed by atoms with Gasteiger partial charge in [0.05, 0.1) is 24.1 Å². The van der Waals surface area contributed by atoms with Gasteiger partial charge in [-0.05, 0) is 6.07 Å². The number of ether oxygens (including phenoxy) is 1. The van der Waals surface area contributed by atoms with E-state index in [2.05, 4.69) is 10.3 Å². The molecule has 4 nitrogen and oxygen atoms in total. The number of carbonyl (C=O) groups excluding carboxylic acids is 1. The molecule has 0 spiro atoms. The Bertz CT molecular complexity index is 896. The first-order valence-electron chi connectivity index (χ1n) is 8.44. The molecule has 0 bridgehead atoms. The summed E-state index contributed by atoms with van der Waals surface area (Å²) < 4.78 is 6.55. The highest BCUT2D eigenvalue weighted by Crippen LogP contribution is 2.32. The van der Waals surface area contributed by atoms with Gasteiger partial charge in [-0.1, -0.05) is 60.3 Å². The molecule has 1 N–H and O–H groups in total. The molecule has 2 heterocycles. The number of para-hydroxylation sites is 1. The summed E-state index contributed by atoms with van der Waals surface area (Å²) in [6, 6.07) is 18.0. The van der Waals surface area contributed by atoms with Gasteiger partial charge < -0.3 is 10.1 Å². The van der Waals surface area contributed by atoms with Gasteiger partial charge >= 0.3 is 0 Å². The third-order valence-electron chi connectivity index (χ3n) is 4.17. The van der Waals surface area contributed by atoms with Crippen LogP contribution in [0.2, 0.25) is 0 Å². The summed E-state index contributed by atoms with van der Waals surface area (Å²) in [6.07, 6.45) is 0.794. The second-order valence-corrected chi connectivity index (χ2v) is 8.03. The van der Waals surface area contributed by atoms with Crippen LogP contribution in [0.3, 0.4) is 0 Å². The number of benzene rings is 2. The molecule has 132 valence electrons. The van der Waals surface area contributed by atoms with Crippen molar-refractivity contribution in [3.05, 3.63) is 65.5 Å². The van der Waals surface area contributed by atoms with Crippen LogP contribution >= 0.6 is 23.1 Å². The molecule has 0 aliphatic carbocycles. The molecule has 1 aliphatic rings. The number of hydrogen-bond donors (Lipinski definition) is 1. The third-order valence-corrected chi connectivity index (χ3v) is 6.19. The normalized spacial score (nSPS) is 15.8. The van der Waals surface area contributed by atoms with Crippen molar-refractivity contribution in [2.24, 2.45) is 0 Å². The van der Waals surface area contributed by atoms with Crippen molar-refractivity contribution in [3.8, 4) is 17.0 Å². The fourth-order valence-corrected chi connectivity index (χ4v) is 4.57. The molecule has 0 saturated carbocycles. The standard InChI is InChI=1S/C20H18N2O2S2/c23-19(21-16-10-11-24-18-9-5-4-8-15(16)18)13-26-20-22-17(12-25-20)14-6-2-1-3-7-14/h1-9,12,16H,10-11,13H2,(H,21,23)/t16-/m0/s1. The lowest BCUT2D eigenvalue weighted by molar-refractivity contribution is -0.119. The molecular weight excluding hydrogens is 364 g/mol. The minimum absolute atomic E-state index is 0.0178. The smallest absolute Gasteiger partial charge is 0.230 e. The van der Waals surface area contributed by atoms with E-state index >= 15 is 0 Å². The molecule has 1 aromatic heterocycles. The van der Waals surface area contributed by atoms with Crippen LogP contribution in [-0.2, 0) is 4.79 Å². The first kappa shape index (κ1) is 17.1. The molecule has 0 radical (unpaired) electrons. The summed E-state index contributed by atoms with van der Waals surface area (Å²) in [5.74, 6) is 1.25. The van der Waals surface area contributed by atoms with E-state index in [0.717, 1.165) is 33.3 Å². The van der Waals surface area contributed by atoms with Crippen LogP contribution in [0.15, 0.2) is 64.3 Å². The average Bonchev–Trinajstić information content (AvgIpc) is 3.17. The maximum absolute atomic E-state index is 12.4. The number of fused-ring (bicyclic) bond motifs is 1. The molecule has 6 heteroatoms. The fraction of sp³-hybridized carbons (Fsp3) is 0.200. The monoisotopic (exact) mass is 382 g/mol. The van der Waals surface area contributed by atoms with Crippen molar-refractivity contribution < 1.29 is 9.53 Å². The van der Waals surface area contributed by atoms with E-state index in [1.807, 2.05) is 60.0 Å². The number of hydrogen-bond acceptors (Lipinski definition) is 5. The van der Waals surface area contributed by atoms with E-state index in [0.29, 0.717) is 12.4 Å². The number of rotatable bonds is 5. The molecule has 1 aliphatic heterocycles. The van der Waals surface area contributed by atoms with Gasteiger partial charge in [0.2, 0.25) is 5.91 Å². The minimum atomic E-state index is 0.0178. The zero-order valence-electron chi connectivity index (χ0n) is 14.1. The molecule has 1 amide bonds. The van der Waals surface area contributed by atoms with Crippen LogP contribution in [0.25, 0.3) is 11.3 Å². The Morgan fingerprint density at radius 1 is 1.19 bits per heavy atom. The maximum Gasteiger partial charge on any atom is 0.230 e. The number of thiazole rings is 1. The second-order valence-electron chi connectivity index (χ2n) is 5.95. The number of carbonyl (C=O) groups is 1. The quantitative estimate of drug-likeness (QED) is 0.658. The van der Waals surface area contributed by atoms with Gasteiger partial charge in [-0.25, -0.2) is 4.98 Å². The second kappa shape index (κ2) is 7.93. The van der Waals surface area contributed by atoms with Crippen molar-refractivity contribution in [1.29, 1.82) is 0 Å². The van der Waals surface area contributed by atoms with Crippen LogP contribution in [0.1, 0.15) is 18.0 Å². The summed E-state index contributed by atoms with van der Waals surface area (Å²) in [7, 11) is 0. The predicted molar refractivity (Wildman–Crippen MR) is 106 cm³/mol. The molecule has 1 atom stereocenters. The van der Waals surface area contributed by atoms with Gasteiger partial charge in [0.25, 0.3) is 0 Å². The molecular formula is C20H18N2O2S2. The summed E-state index contributed by atoms with van der Waals surface area (Å²) in [6.45, 7) is 0.627. The van der Waals surface area contributed by atoms with Crippen molar-refractivity contribution in [1.82, 2.24) is 10.3 Å². The van der Waals surface area contributed by atoms with E-state index in [1.54, 1.807) is 11.3 Å². The molecule has 4 rings (SSSR count). The fourth-order valence-electron chi connectivity index (χ4n) is 2.92. The Morgan fingerprint density at radius 3 is 2.88 bits per heavy atom. The first-order valence-corrected chi connectivity index (χ1v) is 10.3. The van der Waals surface area contributed by atoms with Crippen molar-refractivity contribution in [2.45, 2.75) is 16.8 Å². The zero-order chi connectivity index (χ0) is 17.8. The molecule has 26 heavy (non-hydrogen) atoms. The minimum Gasteiger partial charge on any atom is -0.493 e. The number of nitrogens with one attached hydrogen (secondary N) is 1. The van der Waals surface area contributed by atoms with Crippen LogP contribution in [-0.4, -0.2) is 23.3 Å². The Kier molecular flexibility index (Phi) is 5.22. The number of amides is 1. The highest BCUT2D eigenvalue weighted by molar-refractivity contribution is 8.01. The van der Waals surface area contributed by atoms with Gasteiger partial charge in [0, 0.05) is 22.9 Å². The Balaban J connectivity index is 1.35. The molecule has 0 fully saturated rings. The van der Waals surface area contributed by atoms with E-state index in [4.69, 9.17) is 4.74 Å². The van der Waals surface area contributed by atoms with Crippen molar-refractivity contribution in [3.63, 3.8) is 0 Å². The van der Waals surface area contributed by atoms with E-state index in [9.17, 15) is 4.79 Å². The highest BCUT2D eigenvalue weighted by Gasteiger charge is 2.22. The number of thioether (sulfide) groups is 1. The summed E-state index contributed by atoms with van der Waals surface area (Å²) >= 11 is 3.05. The Hall–Kier alpha value is -2.31. The molecule has 2 aromatic carbocycles. The highest BCUT2D eigenvalue weighted by atomic mass is 32.2. The van der Waals surface area contributed by atoms with Crippen LogP contribution in [0.4, 0.5) is 0 Å². The lowest BCUT2D eigenvalue weighted by Gasteiger charge is -2.26. The largest absolute Gasteiger partial charge is 0.493 e. The zero-order valence-corrected chi connectivity index (χ0v) is 15.7. The average molecular weight is 383 g/mol. The van der Waals surface area contributed by atoms with Crippen LogP contribution in [0.5, 0.6) is 5.75 Å². The third kappa shape index (κ3) is 3.92. The Morgan fingerprint density at radius 2 is 2.00 bits per heavy atom. The van der Waals surface area contributed by atoms with Crippen LogP contribution in [0, 0.1) is 0 Å². The molecule has 3 aromatic rings. The van der Waals surface area contributed by atoms with Gasteiger partial charge in [-0.3, -0.25) is 4.79 Å². The Labute approximate surface area is 160 Å². The van der Waals surface area contributed by atoms with Gasteiger partial charge in [-0.2, -0.15) is 0 Å². The van der Waals surface area contributed by atoms with Crippen LogP contribution < -0.4 is 10.1 Å². The summed E-state index contributed by atoms with van der Waals surface area (Å²) in [5, 5.41) is 5.15. The van der Waals surface area contributed by atoms with E-state index < -0.39 is 0 Å². The van der Waals surface area contributed by atoms with Gasteiger partial charge in [0.15, 0.2) is 4.34 Å². The lowest BCUT2D eigenvalue weighted by Crippen LogP contribution is -2.33. The van der Waals surface area contributed by atoms with Gasteiger partial charge in [0.1, 0.15) is 5.75 Å². The van der Waals surface area contributed by atoms with Gasteiger partial charge in [-0.15, -0.1) is 11.3 Å². The maximum atomic E-state index is 12.4.